The lowest BCUT2D eigenvalue weighted by atomic mass is 10.2. The van der Waals surface area contributed by atoms with Gasteiger partial charge in [-0.3, -0.25) is 4.79 Å². The third kappa shape index (κ3) is 6.87. The van der Waals surface area contributed by atoms with Crippen molar-refractivity contribution in [3.05, 3.63) is 35.9 Å². The van der Waals surface area contributed by atoms with Crippen LogP contribution in [0.4, 0.5) is 0 Å². The van der Waals surface area contributed by atoms with E-state index in [1.54, 1.807) is 0 Å². The minimum absolute atomic E-state index is 0.530. The van der Waals surface area contributed by atoms with Crippen LogP contribution in [0, 0.1) is 6.92 Å². The average Bonchev–Trinajstić information content (AvgIpc) is 2.18. The number of halogens is 1. The lowest BCUT2D eigenvalue weighted by Gasteiger charge is -1.82. The van der Waals surface area contributed by atoms with E-state index >= 15 is 0 Å². The fraction of sp³-hybridized carbons (Fsp3) is 0.111. The Morgan fingerprint density at radius 1 is 1.27 bits per heavy atom. The summed E-state index contributed by atoms with van der Waals surface area (Å²) in [5, 5.41) is 0. The molecule has 0 aromatic heterocycles. The van der Waals surface area contributed by atoms with Gasteiger partial charge >= 0.3 is 0 Å². The van der Waals surface area contributed by atoms with Crippen LogP contribution in [0.3, 0.4) is 0 Å². The average molecular weight is 292 g/mol. The summed E-state index contributed by atoms with van der Waals surface area (Å²) < 4.78 is 19.0. The predicted molar refractivity (Wildman–Crippen MR) is 63.2 cm³/mol. The minimum Gasteiger partial charge on any atom is -0.364 e. The Kier molecular flexibility index (Phi) is 6.64. The zero-order chi connectivity index (χ0) is 11.8. The Hall–Kier alpha value is -1.14. The second-order valence-electron chi connectivity index (χ2n) is 2.53. The molecule has 0 radical (unpaired) electrons. The van der Waals surface area contributed by atoms with Gasteiger partial charge in [-0.15, -0.1) is 0 Å². The maximum Gasteiger partial charge on any atom is 0.271 e. The Labute approximate surface area is 97.8 Å². The number of carbonyl (C=O) groups excluding carboxylic acids is 1. The van der Waals surface area contributed by atoms with Gasteiger partial charge in [-0.05, 0) is 22.9 Å². The molecule has 0 bridgehead atoms. The lowest BCUT2D eigenvalue weighted by molar-refractivity contribution is -0.111. The molecular weight excluding hydrogens is 282 g/mol. The van der Waals surface area contributed by atoms with Gasteiger partial charge in [0, 0.05) is 0 Å². The van der Waals surface area contributed by atoms with Crippen molar-refractivity contribution < 1.29 is 13.2 Å². The second-order valence-corrected chi connectivity index (χ2v) is 4.72. The van der Waals surface area contributed by atoms with Crippen LogP contribution in [0.15, 0.2) is 30.3 Å². The number of nitrogens with two attached hydrogens (primary N) is 1. The molecule has 0 spiro atoms. The molecular formula is C9H10BrNO3S. The third-order valence-electron chi connectivity index (χ3n) is 1.28. The molecule has 15 heavy (non-hydrogen) atoms. The molecule has 1 amide bonds. The SMILES string of the molecule is Cc1ccccc1.NC(=O)C(Br)=S(=O)=O. The molecule has 0 heterocycles. The summed E-state index contributed by atoms with van der Waals surface area (Å²) >= 11 is 2.44. The van der Waals surface area contributed by atoms with Crippen molar-refractivity contribution in [2.45, 2.75) is 6.92 Å². The molecule has 0 fully saturated rings. The number of hydrogen-bond acceptors (Lipinski definition) is 3. The highest BCUT2D eigenvalue weighted by molar-refractivity contribution is 9.20. The van der Waals surface area contributed by atoms with E-state index in [9.17, 15) is 13.2 Å². The number of rotatable bonds is 1. The summed E-state index contributed by atoms with van der Waals surface area (Å²) in [6.07, 6.45) is 0. The lowest BCUT2D eigenvalue weighted by Crippen LogP contribution is -2.18. The van der Waals surface area contributed by atoms with Crippen molar-refractivity contribution >= 4 is 35.9 Å². The topological polar surface area (TPSA) is 77.2 Å². The quantitative estimate of drug-likeness (QED) is 0.616. The number of carbonyl (C=O) groups is 1. The smallest absolute Gasteiger partial charge is 0.271 e. The molecule has 1 aromatic carbocycles. The van der Waals surface area contributed by atoms with E-state index in [-0.39, 0.29) is 0 Å². The number of primary amides is 1. The fourth-order valence-corrected chi connectivity index (χ4v) is 0.781. The Morgan fingerprint density at radius 2 is 1.73 bits per heavy atom. The van der Waals surface area contributed by atoms with Gasteiger partial charge in [0.05, 0.1) is 0 Å². The monoisotopic (exact) mass is 291 g/mol. The summed E-state index contributed by atoms with van der Waals surface area (Å²) in [6, 6.07) is 10.3. The fourth-order valence-electron chi connectivity index (χ4n) is 0.617. The van der Waals surface area contributed by atoms with Crippen LogP contribution >= 0.6 is 15.9 Å². The molecule has 0 saturated heterocycles. The van der Waals surface area contributed by atoms with E-state index in [1.807, 2.05) is 18.2 Å². The van der Waals surface area contributed by atoms with Crippen LogP contribution < -0.4 is 5.73 Å². The van der Waals surface area contributed by atoms with Gasteiger partial charge < -0.3 is 5.73 Å². The minimum atomic E-state index is -2.53. The first-order chi connectivity index (χ1) is 6.95. The molecule has 82 valence electrons. The molecule has 0 saturated carbocycles. The van der Waals surface area contributed by atoms with Crippen molar-refractivity contribution in [1.29, 1.82) is 0 Å². The van der Waals surface area contributed by atoms with Crippen molar-refractivity contribution in [2.75, 3.05) is 0 Å². The number of benzene rings is 1. The summed E-state index contributed by atoms with van der Waals surface area (Å²) in [4.78, 5) is 9.89. The van der Waals surface area contributed by atoms with Gasteiger partial charge in [-0.2, -0.15) is 8.42 Å². The van der Waals surface area contributed by atoms with Crippen molar-refractivity contribution in [3.8, 4) is 0 Å². The molecule has 0 unspecified atom stereocenters. The zero-order valence-electron chi connectivity index (χ0n) is 7.98. The molecule has 2 N–H and O–H groups in total. The molecule has 0 aliphatic carbocycles. The highest BCUT2D eigenvalue weighted by Gasteiger charge is 2.00. The highest BCUT2D eigenvalue weighted by atomic mass is 79.9. The van der Waals surface area contributed by atoms with E-state index in [1.165, 1.54) is 5.56 Å². The van der Waals surface area contributed by atoms with E-state index in [2.05, 4.69) is 40.7 Å². The second kappa shape index (κ2) is 7.19. The summed E-state index contributed by atoms with van der Waals surface area (Å²) in [6.45, 7) is 2.08. The molecule has 0 aliphatic heterocycles. The highest BCUT2D eigenvalue weighted by Crippen LogP contribution is 1.92. The van der Waals surface area contributed by atoms with Crippen molar-refractivity contribution in [2.24, 2.45) is 5.73 Å². The van der Waals surface area contributed by atoms with Crippen LogP contribution in [0.2, 0.25) is 0 Å². The number of hydrogen-bond donors (Lipinski definition) is 1. The number of aryl methyl sites for hydroxylation is 1. The summed E-state index contributed by atoms with van der Waals surface area (Å²) in [7, 11) is -2.53. The molecule has 0 atom stereocenters. The standard InChI is InChI=1S/C7H8.C2H2BrNO3S/c1-7-5-3-2-4-6-7;3-1(2(4)5)8(6)7/h2-6H,1H3;(H2,4,5). The predicted octanol–water partition coefficient (Wildman–Crippen LogP) is 0.871. The van der Waals surface area contributed by atoms with Crippen molar-refractivity contribution in [3.63, 3.8) is 0 Å². The van der Waals surface area contributed by atoms with Crippen LogP contribution in [0.1, 0.15) is 5.56 Å². The van der Waals surface area contributed by atoms with E-state index < -0.39 is 20.0 Å². The Balaban J connectivity index is 0.000000262. The van der Waals surface area contributed by atoms with Gasteiger partial charge in [-0.25, -0.2) is 0 Å². The zero-order valence-corrected chi connectivity index (χ0v) is 10.4. The van der Waals surface area contributed by atoms with Gasteiger partial charge in [0.2, 0.25) is 14.1 Å². The maximum atomic E-state index is 9.89. The van der Waals surface area contributed by atoms with Gasteiger partial charge in [0.1, 0.15) is 0 Å². The normalized spacial score (nSPS) is 8.40. The first-order valence-electron chi connectivity index (χ1n) is 3.88. The van der Waals surface area contributed by atoms with E-state index in [0.29, 0.717) is 0 Å². The molecule has 4 nitrogen and oxygen atoms in total. The van der Waals surface area contributed by atoms with Gasteiger partial charge in [0.15, 0.2) is 0 Å². The van der Waals surface area contributed by atoms with Crippen LogP contribution in [-0.4, -0.2) is 18.1 Å². The van der Waals surface area contributed by atoms with Crippen LogP contribution in [0.5, 0.6) is 0 Å². The summed E-state index contributed by atoms with van der Waals surface area (Å²) in [5.41, 5.74) is 5.84. The largest absolute Gasteiger partial charge is 0.364 e. The van der Waals surface area contributed by atoms with Crippen molar-refractivity contribution in [1.82, 2.24) is 0 Å². The molecule has 1 aromatic rings. The van der Waals surface area contributed by atoms with E-state index in [4.69, 9.17) is 0 Å². The van der Waals surface area contributed by atoms with E-state index in [0.717, 1.165) is 0 Å². The molecule has 6 heteroatoms. The Morgan fingerprint density at radius 3 is 1.87 bits per heavy atom. The first-order valence-corrected chi connectivity index (χ1v) is 5.75. The number of amides is 1. The van der Waals surface area contributed by atoms with Crippen LogP contribution in [0.25, 0.3) is 0 Å². The Bertz CT molecular complexity index is 446. The first kappa shape index (κ1) is 13.9. The third-order valence-corrected chi connectivity index (χ3v) is 2.96. The summed E-state index contributed by atoms with van der Waals surface area (Å²) in [5.74, 6) is -0.988. The molecule has 1 rings (SSSR count). The van der Waals surface area contributed by atoms with Gasteiger partial charge in [0.25, 0.3) is 5.91 Å². The van der Waals surface area contributed by atoms with Gasteiger partial charge in [-0.1, -0.05) is 35.9 Å². The maximum absolute atomic E-state index is 9.89. The van der Waals surface area contributed by atoms with Crippen LogP contribution in [-0.2, 0) is 15.1 Å². The molecule has 0 aliphatic rings.